The van der Waals surface area contributed by atoms with E-state index in [1.807, 2.05) is 32.7 Å². The number of ketones is 1. The number of carboxylic acid groups (broad SMARTS) is 1. The lowest BCUT2D eigenvalue weighted by Gasteiger charge is -2.34. The Hall–Kier alpha value is -1.43. The molecule has 1 aromatic rings. The van der Waals surface area contributed by atoms with Crippen LogP contribution in [0.5, 0.6) is 0 Å². The molecule has 0 radical (unpaired) electrons. The SMILES string of the molecule is CCC(C)(C)N(C)c1nc(C(=O)O)c(C(C)=O)s1. The third-order valence-electron chi connectivity index (χ3n) is 3.20. The Kier molecular flexibility index (Phi) is 4.11. The number of Topliss-reactive ketones (excluding diaryl/α,β-unsaturated/α-hetero) is 1. The number of anilines is 1. The van der Waals surface area contributed by atoms with E-state index in [4.69, 9.17) is 5.11 Å². The van der Waals surface area contributed by atoms with Crippen molar-refractivity contribution in [3.8, 4) is 0 Å². The van der Waals surface area contributed by atoms with Crippen LogP contribution < -0.4 is 4.90 Å². The Morgan fingerprint density at radius 3 is 2.33 bits per heavy atom. The zero-order chi connectivity index (χ0) is 14.1. The molecule has 18 heavy (non-hydrogen) atoms. The molecule has 0 spiro atoms. The Balaban J connectivity index is 3.24. The number of hydrogen-bond donors (Lipinski definition) is 1. The largest absolute Gasteiger partial charge is 0.476 e. The number of nitrogens with zero attached hydrogens (tertiary/aromatic N) is 2. The number of carboxylic acids is 1. The van der Waals surface area contributed by atoms with E-state index in [2.05, 4.69) is 4.98 Å². The molecular weight excluding hydrogens is 252 g/mol. The van der Waals surface area contributed by atoms with Gasteiger partial charge in [0.05, 0.1) is 0 Å². The molecule has 0 aromatic carbocycles. The van der Waals surface area contributed by atoms with E-state index in [1.54, 1.807) is 0 Å². The number of thiazole rings is 1. The van der Waals surface area contributed by atoms with Gasteiger partial charge in [0, 0.05) is 19.5 Å². The van der Waals surface area contributed by atoms with Crippen LogP contribution in [0, 0.1) is 0 Å². The van der Waals surface area contributed by atoms with E-state index < -0.39 is 5.97 Å². The van der Waals surface area contributed by atoms with Crippen molar-refractivity contribution in [3.05, 3.63) is 10.6 Å². The Bertz CT molecular complexity index is 448. The molecule has 0 saturated carbocycles. The zero-order valence-electron chi connectivity index (χ0n) is 11.3. The maximum Gasteiger partial charge on any atom is 0.356 e. The molecule has 1 aromatic heterocycles. The summed E-state index contributed by atoms with van der Waals surface area (Å²) < 4.78 is 0. The lowest BCUT2D eigenvalue weighted by Crippen LogP contribution is -2.40. The van der Waals surface area contributed by atoms with Gasteiger partial charge in [0.2, 0.25) is 0 Å². The molecule has 0 unspecified atom stereocenters. The van der Waals surface area contributed by atoms with Crippen molar-refractivity contribution in [3.63, 3.8) is 0 Å². The van der Waals surface area contributed by atoms with Crippen molar-refractivity contribution in [2.45, 2.75) is 39.7 Å². The minimum absolute atomic E-state index is 0.137. The lowest BCUT2D eigenvalue weighted by atomic mass is 10.0. The molecule has 0 saturated heterocycles. The second kappa shape index (κ2) is 5.06. The summed E-state index contributed by atoms with van der Waals surface area (Å²) in [6.45, 7) is 7.49. The number of carbonyl (C=O) groups is 2. The standard InChI is InChI=1S/C12H18N2O3S/c1-6-12(3,4)14(5)11-13-8(10(16)17)9(18-11)7(2)15/h6H2,1-5H3,(H,16,17). The maximum atomic E-state index is 11.4. The summed E-state index contributed by atoms with van der Waals surface area (Å²) in [5.41, 5.74) is -0.289. The summed E-state index contributed by atoms with van der Waals surface area (Å²) >= 11 is 1.13. The van der Waals surface area contributed by atoms with Crippen LogP contribution in [0.4, 0.5) is 5.13 Å². The predicted molar refractivity (Wildman–Crippen MR) is 71.9 cm³/mol. The molecular formula is C12H18N2O3S. The van der Waals surface area contributed by atoms with Crippen molar-refractivity contribution in [2.75, 3.05) is 11.9 Å². The van der Waals surface area contributed by atoms with Gasteiger partial charge < -0.3 is 10.0 Å². The average Bonchev–Trinajstić information content (AvgIpc) is 2.72. The van der Waals surface area contributed by atoms with Gasteiger partial charge in [0.1, 0.15) is 4.88 Å². The fourth-order valence-corrected chi connectivity index (χ4v) is 2.41. The first kappa shape index (κ1) is 14.6. The summed E-state index contributed by atoms with van der Waals surface area (Å²) in [6.07, 6.45) is 0.890. The third kappa shape index (κ3) is 2.69. The second-order valence-electron chi connectivity index (χ2n) is 4.76. The topological polar surface area (TPSA) is 70.5 Å². The monoisotopic (exact) mass is 270 g/mol. The lowest BCUT2D eigenvalue weighted by molar-refractivity contribution is 0.0687. The van der Waals surface area contributed by atoms with Crippen LogP contribution in [0.25, 0.3) is 0 Å². The van der Waals surface area contributed by atoms with Crippen molar-refractivity contribution in [1.29, 1.82) is 0 Å². The highest BCUT2D eigenvalue weighted by molar-refractivity contribution is 7.17. The number of rotatable bonds is 5. The number of carbonyl (C=O) groups excluding carboxylic acids is 1. The maximum absolute atomic E-state index is 11.4. The molecule has 0 amide bonds. The number of aromatic carboxylic acids is 1. The Morgan fingerprint density at radius 1 is 1.44 bits per heavy atom. The first-order valence-corrected chi connectivity index (χ1v) is 6.51. The minimum Gasteiger partial charge on any atom is -0.476 e. The minimum atomic E-state index is -1.16. The van der Waals surface area contributed by atoms with Gasteiger partial charge >= 0.3 is 5.97 Å². The van der Waals surface area contributed by atoms with E-state index in [0.29, 0.717) is 5.13 Å². The van der Waals surface area contributed by atoms with Crippen LogP contribution >= 0.6 is 11.3 Å². The van der Waals surface area contributed by atoms with Gasteiger partial charge in [-0.15, -0.1) is 0 Å². The first-order chi connectivity index (χ1) is 8.20. The molecule has 0 atom stereocenters. The van der Waals surface area contributed by atoms with E-state index in [-0.39, 0.29) is 21.9 Å². The molecule has 0 aliphatic heterocycles. The van der Waals surface area contributed by atoms with Gasteiger partial charge in [0.15, 0.2) is 16.6 Å². The highest BCUT2D eigenvalue weighted by Gasteiger charge is 2.28. The average molecular weight is 270 g/mol. The number of aromatic nitrogens is 1. The molecule has 0 aliphatic carbocycles. The smallest absolute Gasteiger partial charge is 0.356 e. The van der Waals surface area contributed by atoms with Gasteiger partial charge in [-0.05, 0) is 20.3 Å². The molecule has 1 heterocycles. The normalized spacial score (nSPS) is 11.4. The fraction of sp³-hybridized carbons (Fsp3) is 0.583. The summed E-state index contributed by atoms with van der Waals surface area (Å²) in [7, 11) is 1.86. The molecule has 0 bridgehead atoms. The summed E-state index contributed by atoms with van der Waals surface area (Å²) in [5, 5.41) is 9.60. The third-order valence-corrected chi connectivity index (χ3v) is 4.43. The van der Waals surface area contributed by atoms with Crippen molar-refractivity contribution in [1.82, 2.24) is 4.98 Å². The van der Waals surface area contributed by atoms with Crippen molar-refractivity contribution >= 4 is 28.2 Å². The van der Waals surface area contributed by atoms with E-state index in [1.165, 1.54) is 6.92 Å². The zero-order valence-corrected chi connectivity index (χ0v) is 12.1. The fourth-order valence-electron chi connectivity index (χ4n) is 1.33. The van der Waals surface area contributed by atoms with Crippen LogP contribution in [-0.4, -0.2) is 34.4 Å². The molecule has 0 fully saturated rings. The van der Waals surface area contributed by atoms with E-state index in [0.717, 1.165) is 17.8 Å². The Morgan fingerprint density at radius 2 is 2.00 bits per heavy atom. The van der Waals surface area contributed by atoms with Gasteiger partial charge in [-0.3, -0.25) is 4.79 Å². The van der Waals surface area contributed by atoms with Crippen LogP contribution in [0.15, 0.2) is 0 Å². The molecule has 6 heteroatoms. The highest BCUT2D eigenvalue weighted by Crippen LogP contribution is 2.31. The quantitative estimate of drug-likeness (QED) is 0.833. The molecule has 5 nitrogen and oxygen atoms in total. The predicted octanol–water partition coefficient (Wildman–Crippen LogP) is 2.67. The van der Waals surface area contributed by atoms with E-state index >= 15 is 0 Å². The van der Waals surface area contributed by atoms with Gasteiger partial charge in [0.25, 0.3) is 0 Å². The number of hydrogen-bond acceptors (Lipinski definition) is 5. The van der Waals surface area contributed by atoms with Crippen LogP contribution in [-0.2, 0) is 0 Å². The summed E-state index contributed by atoms with van der Waals surface area (Å²) in [6, 6.07) is 0. The highest BCUT2D eigenvalue weighted by atomic mass is 32.1. The van der Waals surface area contributed by atoms with Gasteiger partial charge in [-0.1, -0.05) is 18.3 Å². The molecule has 0 aliphatic rings. The van der Waals surface area contributed by atoms with Crippen LogP contribution in [0.3, 0.4) is 0 Å². The van der Waals surface area contributed by atoms with Crippen molar-refractivity contribution in [2.24, 2.45) is 0 Å². The summed E-state index contributed by atoms with van der Waals surface area (Å²) in [5.74, 6) is -1.43. The summed E-state index contributed by atoms with van der Waals surface area (Å²) in [4.78, 5) is 28.7. The van der Waals surface area contributed by atoms with Gasteiger partial charge in [-0.2, -0.15) is 0 Å². The van der Waals surface area contributed by atoms with E-state index in [9.17, 15) is 9.59 Å². The Labute approximate surface area is 110 Å². The molecule has 1 rings (SSSR count). The first-order valence-electron chi connectivity index (χ1n) is 5.69. The van der Waals surface area contributed by atoms with Crippen LogP contribution in [0.1, 0.15) is 54.3 Å². The van der Waals surface area contributed by atoms with Crippen molar-refractivity contribution < 1.29 is 14.7 Å². The molecule has 100 valence electrons. The second-order valence-corrected chi connectivity index (χ2v) is 5.74. The van der Waals surface area contributed by atoms with Gasteiger partial charge in [-0.25, -0.2) is 9.78 Å². The van der Waals surface area contributed by atoms with Crippen LogP contribution in [0.2, 0.25) is 0 Å². The molecule has 1 N–H and O–H groups in total.